The van der Waals surface area contributed by atoms with Gasteiger partial charge >= 0.3 is 12.2 Å². The lowest BCUT2D eigenvalue weighted by molar-refractivity contribution is -0.139. The van der Waals surface area contributed by atoms with E-state index in [1.807, 2.05) is 0 Å². The van der Waals surface area contributed by atoms with Crippen molar-refractivity contribution in [2.75, 3.05) is 6.61 Å². The lowest BCUT2D eigenvalue weighted by Gasteiger charge is -2.08. The predicted octanol–water partition coefficient (Wildman–Crippen LogP) is 1.57. The fraction of sp³-hybridized carbons (Fsp3) is 0.556. The first-order chi connectivity index (χ1) is 7.40. The molecule has 0 radical (unpaired) electrons. The van der Waals surface area contributed by atoms with Crippen molar-refractivity contribution < 1.29 is 17.9 Å². The molecule has 0 saturated carbocycles. The molecule has 1 rings (SSSR count). The molecule has 1 heterocycles. The topological polar surface area (TPSA) is 61.0 Å². The fourth-order valence-electron chi connectivity index (χ4n) is 1.03. The van der Waals surface area contributed by atoms with E-state index in [1.54, 1.807) is 13.0 Å². The first-order valence-corrected chi connectivity index (χ1v) is 4.65. The van der Waals surface area contributed by atoms with Crippen LogP contribution in [0.2, 0.25) is 0 Å². The largest absolute Gasteiger partial charge is 0.463 e. The van der Waals surface area contributed by atoms with Crippen molar-refractivity contribution in [2.45, 2.75) is 26.1 Å². The molecule has 0 aromatic carbocycles. The molecule has 1 aromatic rings. The minimum absolute atomic E-state index is 0.0651. The average Bonchev–Trinajstić information content (AvgIpc) is 2.14. The summed E-state index contributed by atoms with van der Waals surface area (Å²) >= 11 is 0. The van der Waals surface area contributed by atoms with Crippen LogP contribution in [0.25, 0.3) is 0 Å². The Hall–Kier alpha value is -1.37. The van der Waals surface area contributed by atoms with E-state index < -0.39 is 19.2 Å². The van der Waals surface area contributed by atoms with Gasteiger partial charge in [0.25, 0.3) is 0 Å². The summed E-state index contributed by atoms with van der Waals surface area (Å²) in [6.45, 7) is 1.40. The van der Waals surface area contributed by atoms with E-state index >= 15 is 0 Å². The van der Waals surface area contributed by atoms with Crippen molar-refractivity contribution >= 4 is 0 Å². The molecule has 4 nitrogen and oxygen atoms in total. The maximum absolute atomic E-state index is 11.8. The molecule has 16 heavy (non-hydrogen) atoms. The smallest absolute Gasteiger partial charge is 0.392 e. The Morgan fingerprint density at radius 1 is 1.38 bits per heavy atom. The summed E-state index contributed by atoms with van der Waals surface area (Å²) in [5, 5.41) is 0. The number of halogens is 3. The van der Waals surface area contributed by atoms with Crippen LogP contribution in [0.5, 0.6) is 6.01 Å². The maximum atomic E-state index is 11.8. The minimum Gasteiger partial charge on any atom is -0.463 e. The molecule has 0 aliphatic heterocycles. The fourth-order valence-corrected chi connectivity index (χ4v) is 1.03. The molecule has 0 atom stereocenters. The van der Waals surface area contributed by atoms with Gasteiger partial charge in [-0.15, -0.1) is 0 Å². The molecule has 1 aromatic heterocycles. The first-order valence-electron chi connectivity index (χ1n) is 4.65. The maximum Gasteiger partial charge on any atom is 0.392 e. The average molecular weight is 235 g/mol. The molecule has 0 unspecified atom stereocenters. The van der Waals surface area contributed by atoms with Gasteiger partial charge in [-0.1, -0.05) is 0 Å². The number of aromatic nitrogens is 2. The molecule has 0 saturated heterocycles. The second-order valence-electron chi connectivity index (χ2n) is 3.20. The lowest BCUT2D eigenvalue weighted by atomic mass is 10.3. The van der Waals surface area contributed by atoms with Crippen LogP contribution in [-0.4, -0.2) is 22.8 Å². The number of nitrogens with two attached hydrogens (primary N) is 1. The van der Waals surface area contributed by atoms with E-state index in [2.05, 4.69) is 9.97 Å². The van der Waals surface area contributed by atoms with Gasteiger partial charge in [0.1, 0.15) is 6.61 Å². The molecule has 0 amide bonds. The van der Waals surface area contributed by atoms with Gasteiger partial charge in [0.2, 0.25) is 0 Å². The summed E-state index contributed by atoms with van der Waals surface area (Å²) < 4.78 is 40.3. The Balaban J connectivity index is 2.57. The molecule has 0 aliphatic carbocycles. The monoisotopic (exact) mass is 235 g/mol. The van der Waals surface area contributed by atoms with Crippen LogP contribution in [0.3, 0.4) is 0 Å². The third kappa shape index (κ3) is 4.43. The van der Waals surface area contributed by atoms with Crippen molar-refractivity contribution in [3.8, 4) is 6.01 Å². The molecule has 0 spiro atoms. The summed E-state index contributed by atoms with van der Waals surface area (Å²) in [6, 6.07) is 1.58. The van der Waals surface area contributed by atoms with E-state index in [9.17, 15) is 13.2 Å². The molecule has 0 aliphatic rings. The highest BCUT2D eigenvalue weighted by molar-refractivity contribution is 5.12. The molecule has 90 valence electrons. The minimum atomic E-state index is -4.24. The Morgan fingerprint density at radius 2 is 2.06 bits per heavy atom. The van der Waals surface area contributed by atoms with Gasteiger partial charge in [-0.2, -0.15) is 18.2 Å². The van der Waals surface area contributed by atoms with Crippen molar-refractivity contribution in [2.24, 2.45) is 5.73 Å². The van der Waals surface area contributed by atoms with Crippen molar-refractivity contribution in [1.82, 2.24) is 9.97 Å². The van der Waals surface area contributed by atoms with E-state index in [1.165, 1.54) is 0 Å². The highest BCUT2D eigenvalue weighted by Crippen LogP contribution is 2.19. The molecular weight excluding hydrogens is 223 g/mol. The second-order valence-corrected chi connectivity index (χ2v) is 3.20. The molecular formula is C9H12F3N3O. The zero-order chi connectivity index (χ0) is 12.2. The Labute approximate surface area is 90.6 Å². The highest BCUT2D eigenvalue weighted by Gasteiger charge is 2.27. The van der Waals surface area contributed by atoms with Gasteiger partial charge in [-0.3, -0.25) is 0 Å². The summed E-state index contributed by atoms with van der Waals surface area (Å²) in [5.41, 5.74) is 6.51. The SMILES string of the molecule is Cc1cc(CN)nc(OCCC(F)(F)F)n1. The van der Waals surface area contributed by atoms with Crippen LogP contribution < -0.4 is 10.5 Å². The number of hydrogen-bond acceptors (Lipinski definition) is 4. The van der Waals surface area contributed by atoms with Crippen LogP contribution in [0.1, 0.15) is 17.8 Å². The van der Waals surface area contributed by atoms with E-state index in [-0.39, 0.29) is 12.6 Å². The first kappa shape index (κ1) is 12.7. The Morgan fingerprint density at radius 3 is 2.62 bits per heavy atom. The third-order valence-corrected chi connectivity index (χ3v) is 1.71. The Bertz CT molecular complexity index is 354. The molecule has 7 heteroatoms. The summed E-state index contributed by atoms with van der Waals surface area (Å²) in [7, 11) is 0. The van der Waals surface area contributed by atoms with E-state index in [4.69, 9.17) is 10.5 Å². The quantitative estimate of drug-likeness (QED) is 0.860. The Kier molecular flexibility index (Phi) is 4.05. The predicted molar refractivity (Wildman–Crippen MR) is 50.8 cm³/mol. The van der Waals surface area contributed by atoms with Crippen LogP contribution in [0.15, 0.2) is 6.07 Å². The van der Waals surface area contributed by atoms with E-state index in [0.717, 1.165) is 0 Å². The number of aryl methyl sites for hydroxylation is 1. The normalized spacial score (nSPS) is 11.6. The lowest BCUT2D eigenvalue weighted by Crippen LogP contribution is -2.14. The van der Waals surface area contributed by atoms with Gasteiger partial charge < -0.3 is 10.5 Å². The third-order valence-electron chi connectivity index (χ3n) is 1.71. The van der Waals surface area contributed by atoms with E-state index in [0.29, 0.717) is 11.4 Å². The number of hydrogen-bond donors (Lipinski definition) is 1. The summed E-state index contributed by atoms with van der Waals surface area (Å²) in [5.74, 6) is 0. The number of rotatable bonds is 4. The molecule has 0 fully saturated rings. The van der Waals surface area contributed by atoms with Crippen LogP contribution in [0.4, 0.5) is 13.2 Å². The second kappa shape index (κ2) is 5.11. The van der Waals surface area contributed by atoms with Gasteiger partial charge in [-0.25, -0.2) is 4.98 Å². The van der Waals surface area contributed by atoms with Gasteiger partial charge in [-0.05, 0) is 13.0 Å². The molecule has 0 bridgehead atoms. The van der Waals surface area contributed by atoms with Gasteiger partial charge in [0.05, 0.1) is 12.1 Å². The number of ether oxygens (including phenoxy) is 1. The summed E-state index contributed by atoms with van der Waals surface area (Å²) in [4.78, 5) is 7.69. The van der Waals surface area contributed by atoms with Crippen molar-refractivity contribution in [1.29, 1.82) is 0 Å². The van der Waals surface area contributed by atoms with Crippen LogP contribution in [0, 0.1) is 6.92 Å². The molecule has 2 N–H and O–H groups in total. The zero-order valence-corrected chi connectivity index (χ0v) is 8.71. The van der Waals surface area contributed by atoms with Gasteiger partial charge in [0, 0.05) is 12.2 Å². The van der Waals surface area contributed by atoms with Crippen LogP contribution in [-0.2, 0) is 6.54 Å². The van der Waals surface area contributed by atoms with Crippen LogP contribution >= 0.6 is 0 Å². The number of alkyl halides is 3. The van der Waals surface area contributed by atoms with Crippen molar-refractivity contribution in [3.63, 3.8) is 0 Å². The number of nitrogens with zero attached hydrogens (tertiary/aromatic N) is 2. The standard InChI is InChI=1S/C9H12F3N3O/c1-6-4-7(5-13)15-8(14-6)16-3-2-9(10,11)12/h4H,2-3,5,13H2,1H3. The van der Waals surface area contributed by atoms with Gasteiger partial charge in [0.15, 0.2) is 0 Å². The zero-order valence-electron chi connectivity index (χ0n) is 8.71. The van der Waals surface area contributed by atoms with Crippen molar-refractivity contribution in [3.05, 3.63) is 17.5 Å². The highest BCUT2D eigenvalue weighted by atomic mass is 19.4. The summed E-state index contributed by atoms with van der Waals surface area (Å²) in [6.07, 6.45) is -5.26.